The molecule has 2 heterocycles. The van der Waals surface area contributed by atoms with Crippen LogP contribution in [0, 0.1) is 0 Å². The van der Waals surface area contributed by atoms with Crippen LogP contribution in [-0.4, -0.2) is 28.8 Å². The quantitative estimate of drug-likeness (QED) is 0.848. The van der Waals surface area contributed by atoms with E-state index in [2.05, 4.69) is 33.3 Å². The first-order valence-electron chi connectivity index (χ1n) is 8.04. The predicted molar refractivity (Wildman–Crippen MR) is 81.7 cm³/mol. The maximum atomic E-state index is 5.81. The molecule has 0 N–H and O–H groups in total. The minimum atomic E-state index is 0.409. The molecule has 4 rings (SSSR count). The van der Waals surface area contributed by atoms with Gasteiger partial charge in [0.1, 0.15) is 5.75 Å². The van der Waals surface area contributed by atoms with Crippen molar-refractivity contribution in [1.82, 2.24) is 15.1 Å². The lowest BCUT2D eigenvalue weighted by Gasteiger charge is -2.23. The number of methoxy groups -OCH3 is 1. The Bertz CT molecular complexity index is 651. The number of benzene rings is 1. The van der Waals surface area contributed by atoms with Gasteiger partial charge in [-0.15, -0.1) is 10.2 Å². The summed E-state index contributed by atoms with van der Waals surface area (Å²) in [6, 6.07) is 8.76. The third kappa shape index (κ3) is 2.73. The standard InChI is InChI=1S/C17H21N3O2/c1-21-14-5-2-4-13(10-14)15-6-3-9-20(15)11-16-18-19-17(22-16)12-7-8-12/h2,4-5,10,12,15H,3,6-9,11H2,1H3/t15-/m0/s1. The van der Waals surface area contributed by atoms with E-state index in [1.807, 2.05) is 6.07 Å². The summed E-state index contributed by atoms with van der Waals surface area (Å²) in [5, 5.41) is 8.40. The highest BCUT2D eigenvalue weighted by Gasteiger charge is 2.31. The minimum absolute atomic E-state index is 0.409. The molecule has 1 saturated carbocycles. The van der Waals surface area contributed by atoms with Crippen LogP contribution in [0.3, 0.4) is 0 Å². The van der Waals surface area contributed by atoms with Gasteiger partial charge < -0.3 is 9.15 Å². The SMILES string of the molecule is COc1cccc([C@@H]2CCCN2Cc2nnc(C3CC3)o2)c1. The Morgan fingerprint density at radius 3 is 3.00 bits per heavy atom. The first-order chi connectivity index (χ1) is 10.8. The second-order valence-electron chi connectivity index (χ2n) is 6.21. The summed E-state index contributed by atoms with van der Waals surface area (Å²) < 4.78 is 11.2. The van der Waals surface area contributed by atoms with Crippen LogP contribution < -0.4 is 4.74 Å². The number of nitrogens with zero attached hydrogens (tertiary/aromatic N) is 3. The predicted octanol–water partition coefficient (Wildman–Crippen LogP) is 3.29. The van der Waals surface area contributed by atoms with E-state index in [4.69, 9.17) is 9.15 Å². The van der Waals surface area contributed by atoms with Crippen LogP contribution >= 0.6 is 0 Å². The molecule has 2 aromatic rings. The van der Waals surface area contributed by atoms with Crippen LogP contribution in [0.1, 0.15) is 55.0 Å². The molecule has 1 atom stereocenters. The molecule has 1 aromatic carbocycles. The van der Waals surface area contributed by atoms with Gasteiger partial charge in [-0.25, -0.2) is 0 Å². The molecule has 1 aliphatic carbocycles. The van der Waals surface area contributed by atoms with Crippen molar-refractivity contribution in [2.24, 2.45) is 0 Å². The molecule has 0 amide bonds. The molecule has 5 heteroatoms. The first kappa shape index (κ1) is 13.8. The molecule has 116 valence electrons. The van der Waals surface area contributed by atoms with E-state index in [1.54, 1.807) is 7.11 Å². The molecule has 0 unspecified atom stereocenters. The number of hydrogen-bond acceptors (Lipinski definition) is 5. The number of likely N-dealkylation sites (tertiary alicyclic amines) is 1. The Kier molecular flexibility index (Phi) is 3.58. The fourth-order valence-corrected chi connectivity index (χ4v) is 3.24. The molecular weight excluding hydrogens is 278 g/mol. The smallest absolute Gasteiger partial charge is 0.230 e. The van der Waals surface area contributed by atoms with E-state index in [9.17, 15) is 0 Å². The van der Waals surface area contributed by atoms with E-state index < -0.39 is 0 Å². The molecule has 1 aromatic heterocycles. The summed E-state index contributed by atoms with van der Waals surface area (Å²) in [6.07, 6.45) is 4.75. The van der Waals surface area contributed by atoms with Gasteiger partial charge in [0.15, 0.2) is 0 Å². The lowest BCUT2D eigenvalue weighted by molar-refractivity contribution is 0.221. The molecular formula is C17H21N3O2. The number of ether oxygens (including phenoxy) is 1. The monoisotopic (exact) mass is 299 g/mol. The van der Waals surface area contributed by atoms with Crippen molar-refractivity contribution in [3.63, 3.8) is 0 Å². The molecule has 1 saturated heterocycles. The average Bonchev–Trinajstić information content (AvgIpc) is 3.13. The van der Waals surface area contributed by atoms with Crippen molar-refractivity contribution in [2.45, 2.75) is 44.2 Å². The Morgan fingerprint density at radius 2 is 2.18 bits per heavy atom. The van der Waals surface area contributed by atoms with Gasteiger partial charge in [0.2, 0.25) is 11.8 Å². The van der Waals surface area contributed by atoms with E-state index in [1.165, 1.54) is 24.8 Å². The van der Waals surface area contributed by atoms with E-state index in [0.717, 1.165) is 37.0 Å². The lowest BCUT2D eigenvalue weighted by Crippen LogP contribution is -2.23. The van der Waals surface area contributed by atoms with Gasteiger partial charge in [-0.1, -0.05) is 12.1 Å². The summed E-state index contributed by atoms with van der Waals surface area (Å²) in [5.74, 6) is 3.01. The second-order valence-corrected chi connectivity index (χ2v) is 6.21. The third-order valence-electron chi connectivity index (χ3n) is 4.59. The van der Waals surface area contributed by atoms with Crippen LogP contribution in [0.15, 0.2) is 28.7 Å². The van der Waals surface area contributed by atoms with Gasteiger partial charge in [-0.2, -0.15) is 0 Å². The van der Waals surface area contributed by atoms with Gasteiger partial charge in [0, 0.05) is 12.0 Å². The zero-order chi connectivity index (χ0) is 14.9. The summed E-state index contributed by atoms with van der Waals surface area (Å²) in [4.78, 5) is 2.43. The Labute approximate surface area is 130 Å². The Hall–Kier alpha value is -1.88. The van der Waals surface area contributed by atoms with Crippen molar-refractivity contribution in [1.29, 1.82) is 0 Å². The largest absolute Gasteiger partial charge is 0.497 e. The van der Waals surface area contributed by atoms with Crippen molar-refractivity contribution >= 4 is 0 Å². The summed E-state index contributed by atoms with van der Waals surface area (Å²) >= 11 is 0. The second kappa shape index (κ2) is 5.72. The Balaban J connectivity index is 1.49. The van der Waals surface area contributed by atoms with Gasteiger partial charge >= 0.3 is 0 Å². The van der Waals surface area contributed by atoms with Gasteiger partial charge in [-0.05, 0) is 49.9 Å². The van der Waals surface area contributed by atoms with Gasteiger partial charge in [0.05, 0.1) is 13.7 Å². The van der Waals surface area contributed by atoms with Crippen LogP contribution in [0.25, 0.3) is 0 Å². The van der Waals surface area contributed by atoms with Crippen LogP contribution in [-0.2, 0) is 6.54 Å². The molecule has 2 fully saturated rings. The molecule has 0 bridgehead atoms. The molecule has 22 heavy (non-hydrogen) atoms. The fourth-order valence-electron chi connectivity index (χ4n) is 3.24. The third-order valence-corrected chi connectivity index (χ3v) is 4.59. The zero-order valence-corrected chi connectivity index (χ0v) is 12.9. The van der Waals surface area contributed by atoms with Crippen LogP contribution in [0.2, 0.25) is 0 Å². The molecule has 1 aliphatic heterocycles. The van der Waals surface area contributed by atoms with Gasteiger partial charge in [-0.3, -0.25) is 4.90 Å². The number of hydrogen-bond donors (Lipinski definition) is 0. The normalized spacial score (nSPS) is 22.1. The molecule has 0 radical (unpaired) electrons. The van der Waals surface area contributed by atoms with Crippen molar-refractivity contribution in [2.75, 3.05) is 13.7 Å². The maximum absolute atomic E-state index is 5.81. The highest BCUT2D eigenvalue weighted by Crippen LogP contribution is 2.39. The topological polar surface area (TPSA) is 51.4 Å². The first-order valence-corrected chi connectivity index (χ1v) is 8.04. The summed E-state index contributed by atoms with van der Waals surface area (Å²) in [5.41, 5.74) is 1.30. The van der Waals surface area contributed by atoms with E-state index in [0.29, 0.717) is 12.0 Å². The summed E-state index contributed by atoms with van der Waals surface area (Å²) in [6.45, 7) is 1.81. The van der Waals surface area contributed by atoms with E-state index in [-0.39, 0.29) is 0 Å². The highest BCUT2D eigenvalue weighted by atomic mass is 16.5. The number of aromatic nitrogens is 2. The Morgan fingerprint density at radius 1 is 1.27 bits per heavy atom. The van der Waals surface area contributed by atoms with Crippen molar-refractivity contribution in [3.8, 4) is 5.75 Å². The average molecular weight is 299 g/mol. The summed E-state index contributed by atoms with van der Waals surface area (Å²) in [7, 11) is 1.71. The zero-order valence-electron chi connectivity index (χ0n) is 12.9. The van der Waals surface area contributed by atoms with Gasteiger partial charge in [0.25, 0.3) is 0 Å². The van der Waals surface area contributed by atoms with Crippen molar-refractivity contribution < 1.29 is 9.15 Å². The molecule has 0 spiro atoms. The van der Waals surface area contributed by atoms with E-state index >= 15 is 0 Å². The number of rotatable bonds is 5. The van der Waals surface area contributed by atoms with Crippen LogP contribution in [0.5, 0.6) is 5.75 Å². The molecule has 2 aliphatic rings. The van der Waals surface area contributed by atoms with Crippen molar-refractivity contribution in [3.05, 3.63) is 41.6 Å². The minimum Gasteiger partial charge on any atom is -0.497 e. The van der Waals surface area contributed by atoms with Crippen LogP contribution in [0.4, 0.5) is 0 Å². The maximum Gasteiger partial charge on any atom is 0.230 e. The fraction of sp³-hybridized carbons (Fsp3) is 0.529. The highest BCUT2D eigenvalue weighted by molar-refractivity contribution is 5.31. The lowest BCUT2D eigenvalue weighted by atomic mass is 10.0. The molecule has 5 nitrogen and oxygen atoms in total.